The maximum Gasteiger partial charge on any atom is 0.186 e. The molecule has 1 aliphatic heterocycles. The van der Waals surface area contributed by atoms with Crippen molar-refractivity contribution in [2.45, 2.75) is 38.6 Å². The normalized spacial score (nSPS) is 23.4. The molecule has 4 heteroatoms. The summed E-state index contributed by atoms with van der Waals surface area (Å²) in [5.74, 6) is 0.384. The summed E-state index contributed by atoms with van der Waals surface area (Å²) in [5.41, 5.74) is 1.61. The van der Waals surface area contributed by atoms with Gasteiger partial charge >= 0.3 is 0 Å². The predicted octanol–water partition coefficient (Wildman–Crippen LogP) is 6.19. The Morgan fingerprint density at radius 1 is 1.08 bits per heavy atom. The van der Waals surface area contributed by atoms with Crippen LogP contribution < -0.4 is 0 Å². The lowest BCUT2D eigenvalue weighted by molar-refractivity contribution is -0.244. The van der Waals surface area contributed by atoms with Crippen LogP contribution in [0.15, 0.2) is 60.7 Å². The molecular weight excluding hydrogens is 348 g/mol. The molecule has 3 atom stereocenters. The van der Waals surface area contributed by atoms with Gasteiger partial charge in [-0.2, -0.15) is 0 Å². The number of unbranched alkanes of at least 4 members (excludes halogenated alkanes) is 1. The maximum absolute atomic E-state index is 10.3. The molecule has 0 spiro atoms. The molecule has 26 heavy (non-hydrogen) atoms. The molecule has 0 saturated carbocycles. The summed E-state index contributed by atoms with van der Waals surface area (Å²) in [7, 11) is 0. The fourth-order valence-electron chi connectivity index (χ4n) is 3.21. The van der Waals surface area contributed by atoms with Crippen molar-refractivity contribution < 1.29 is 14.6 Å². The Labute approximate surface area is 160 Å². The minimum atomic E-state index is -0.538. The Morgan fingerprint density at radius 3 is 2.54 bits per heavy atom. The van der Waals surface area contributed by atoms with Crippen LogP contribution >= 0.6 is 11.6 Å². The molecule has 2 aromatic carbocycles. The minimum absolute atomic E-state index is 0.134. The monoisotopic (exact) mass is 372 g/mol. The van der Waals surface area contributed by atoms with Gasteiger partial charge in [-0.25, -0.2) is 0 Å². The lowest BCUT2D eigenvalue weighted by Gasteiger charge is -2.37. The first kappa shape index (κ1) is 19.0. The summed E-state index contributed by atoms with van der Waals surface area (Å²) >= 11 is 6.32. The standard InChI is InChI=1S/C22H25ClO3/c1-2-3-4-5-10-16-15-25-22(17-11-6-8-13-19(17)23)26-21(16)18-12-7-9-14-20(18)24/h4-9,11-14,16,21-22,24H,2-3,10,15H2,1H3/b5-4-/t16-,21+,22+/m1/s1. The molecule has 0 radical (unpaired) electrons. The van der Waals surface area contributed by atoms with Crippen LogP contribution in [-0.2, 0) is 9.47 Å². The van der Waals surface area contributed by atoms with Gasteiger partial charge in [-0.15, -0.1) is 0 Å². The SMILES string of the molecule is CCC/C=C\C[C@@H]1CO[C@H](c2ccccc2Cl)O[C@@H]1c1ccccc1O. The van der Waals surface area contributed by atoms with Crippen LogP contribution in [0.5, 0.6) is 5.75 Å². The molecule has 138 valence electrons. The highest BCUT2D eigenvalue weighted by molar-refractivity contribution is 6.31. The van der Waals surface area contributed by atoms with Gasteiger partial charge in [-0.3, -0.25) is 0 Å². The molecule has 0 bridgehead atoms. The first-order valence-electron chi connectivity index (χ1n) is 9.15. The molecule has 1 N–H and O–H groups in total. The zero-order chi connectivity index (χ0) is 18.4. The van der Waals surface area contributed by atoms with Gasteiger partial charge in [0.2, 0.25) is 0 Å². The van der Waals surface area contributed by atoms with Crippen LogP contribution in [0.25, 0.3) is 0 Å². The molecule has 0 amide bonds. The molecule has 0 aromatic heterocycles. The number of hydrogen-bond acceptors (Lipinski definition) is 3. The first-order chi connectivity index (χ1) is 12.7. The van der Waals surface area contributed by atoms with E-state index in [1.165, 1.54) is 0 Å². The Bertz CT molecular complexity index is 744. The van der Waals surface area contributed by atoms with Gasteiger partial charge in [0.05, 0.1) is 12.7 Å². The fraction of sp³-hybridized carbons (Fsp3) is 0.364. The van der Waals surface area contributed by atoms with E-state index in [2.05, 4.69) is 19.1 Å². The van der Waals surface area contributed by atoms with Crippen LogP contribution in [0, 0.1) is 5.92 Å². The van der Waals surface area contributed by atoms with Crippen LogP contribution in [0.2, 0.25) is 5.02 Å². The summed E-state index contributed by atoms with van der Waals surface area (Å²) in [6, 6.07) is 14.9. The number of benzene rings is 2. The lowest BCUT2D eigenvalue weighted by atomic mass is 9.91. The number of aromatic hydroxyl groups is 1. The Balaban J connectivity index is 1.84. The van der Waals surface area contributed by atoms with E-state index in [-0.39, 0.29) is 17.8 Å². The molecule has 0 unspecified atom stereocenters. The average Bonchev–Trinajstić information content (AvgIpc) is 2.66. The fourth-order valence-corrected chi connectivity index (χ4v) is 3.44. The van der Waals surface area contributed by atoms with E-state index in [0.717, 1.165) is 30.4 Å². The van der Waals surface area contributed by atoms with E-state index in [1.807, 2.05) is 42.5 Å². The zero-order valence-electron chi connectivity index (χ0n) is 15.0. The van der Waals surface area contributed by atoms with Crippen molar-refractivity contribution in [3.8, 4) is 5.75 Å². The average molecular weight is 373 g/mol. The molecule has 3 nitrogen and oxygen atoms in total. The number of halogens is 1. The predicted molar refractivity (Wildman–Crippen MR) is 104 cm³/mol. The van der Waals surface area contributed by atoms with Crippen LogP contribution in [0.4, 0.5) is 0 Å². The molecular formula is C22H25ClO3. The maximum atomic E-state index is 10.3. The first-order valence-corrected chi connectivity index (χ1v) is 9.53. The van der Waals surface area contributed by atoms with E-state index < -0.39 is 6.29 Å². The number of allylic oxidation sites excluding steroid dienone is 2. The second kappa shape index (κ2) is 9.22. The van der Waals surface area contributed by atoms with Gasteiger partial charge in [0, 0.05) is 22.1 Å². The number of hydrogen-bond donors (Lipinski definition) is 1. The molecule has 3 rings (SSSR count). The molecule has 1 aliphatic rings. The highest BCUT2D eigenvalue weighted by Crippen LogP contribution is 2.43. The van der Waals surface area contributed by atoms with Crippen LogP contribution in [0.3, 0.4) is 0 Å². The van der Waals surface area contributed by atoms with Gasteiger partial charge in [0.1, 0.15) is 5.75 Å². The van der Waals surface area contributed by atoms with Gasteiger partial charge in [0.25, 0.3) is 0 Å². The van der Waals surface area contributed by atoms with Crippen molar-refractivity contribution in [3.05, 3.63) is 76.8 Å². The highest BCUT2D eigenvalue weighted by atomic mass is 35.5. The number of rotatable bonds is 6. The van der Waals surface area contributed by atoms with Crippen LogP contribution in [-0.4, -0.2) is 11.7 Å². The molecule has 0 aliphatic carbocycles. The van der Waals surface area contributed by atoms with Crippen molar-refractivity contribution >= 4 is 11.6 Å². The van der Waals surface area contributed by atoms with E-state index in [9.17, 15) is 5.11 Å². The van der Waals surface area contributed by atoms with Crippen molar-refractivity contribution in [2.75, 3.05) is 6.61 Å². The summed E-state index contributed by atoms with van der Waals surface area (Å²) in [6.07, 6.45) is 6.63. The summed E-state index contributed by atoms with van der Waals surface area (Å²) in [5, 5.41) is 11.0. The Kier molecular flexibility index (Phi) is 6.73. The third kappa shape index (κ3) is 4.47. The number of para-hydroxylation sites is 1. The largest absolute Gasteiger partial charge is 0.508 e. The van der Waals surface area contributed by atoms with Gasteiger partial charge in [-0.1, -0.05) is 73.5 Å². The zero-order valence-corrected chi connectivity index (χ0v) is 15.7. The lowest BCUT2D eigenvalue weighted by Crippen LogP contribution is -2.30. The van der Waals surface area contributed by atoms with E-state index in [0.29, 0.717) is 11.6 Å². The second-order valence-electron chi connectivity index (χ2n) is 6.56. The van der Waals surface area contributed by atoms with E-state index in [4.69, 9.17) is 21.1 Å². The molecule has 1 heterocycles. The smallest absolute Gasteiger partial charge is 0.186 e. The number of phenolic OH excluding ortho intramolecular Hbond substituents is 1. The second-order valence-corrected chi connectivity index (χ2v) is 6.97. The molecule has 1 saturated heterocycles. The van der Waals surface area contributed by atoms with Gasteiger partial charge in [0.15, 0.2) is 6.29 Å². The van der Waals surface area contributed by atoms with Crippen molar-refractivity contribution in [1.29, 1.82) is 0 Å². The number of ether oxygens (including phenoxy) is 2. The third-order valence-corrected chi connectivity index (χ3v) is 4.97. The molecule has 2 aromatic rings. The van der Waals surface area contributed by atoms with Crippen molar-refractivity contribution in [3.63, 3.8) is 0 Å². The molecule has 1 fully saturated rings. The summed E-state index contributed by atoms with van der Waals surface area (Å²) in [6.45, 7) is 2.71. The number of phenols is 1. The Morgan fingerprint density at radius 2 is 1.81 bits per heavy atom. The summed E-state index contributed by atoms with van der Waals surface area (Å²) in [4.78, 5) is 0. The van der Waals surface area contributed by atoms with Gasteiger partial charge in [-0.05, 0) is 25.0 Å². The topological polar surface area (TPSA) is 38.7 Å². The Hall–Kier alpha value is -1.81. The van der Waals surface area contributed by atoms with E-state index >= 15 is 0 Å². The third-order valence-electron chi connectivity index (χ3n) is 4.62. The van der Waals surface area contributed by atoms with Crippen molar-refractivity contribution in [1.82, 2.24) is 0 Å². The minimum Gasteiger partial charge on any atom is -0.508 e. The van der Waals surface area contributed by atoms with Gasteiger partial charge < -0.3 is 14.6 Å². The van der Waals surface area contributed by atoms with Crippen LogP contribution in [0.1, 0.15) is 49.7 Å². The highest BCUT2D eigenvalue weighted by Gasteiger charge is 2.35. The quantitative estimate of drug-likeness (QED) is 0.614. The van der Waals surface area contributed by atoms with E-state index in [1.54, 1.807) is 6.07 Å². The van der Waals surface area contributed by atoms with Crippen molar-refractivity contribution in [2.24, 2.45) is 5.92 Å². The summed E-state index contributed by atoms with van der Waals surface area (Å²) < 4.78 is 12.3.